The van der Waals surface area contributed by atoms with Crippen LogP contribution in [0.25, 0.3) is 10.9 Å². The molecule has 1 amide bonds. The molecule has 8 heteroatoms. The second-order valence-corrected chi connectivity index (χ2v) is 6.87. The number of H-pyrrole nitrogens is 1. The van der Waals surface area contributed by atoms with Gasteiger partial charge in [0.05, 0.1) is 23.2 Å². The van der Waals surface area contributed by atoms with E-state index in [-0.39, 0.29) is 12.5 Å². The molecule has 0 radical (unpaired) electrons. The van der Waals surface area contributed by atoms with Crippen molar-refractivity contribution in [3.63, 3.8) is 0 Å². The number of carbonyl (C=O) groups is 1. The molecule has 1 saturated carbocycles. The number of alkyl halides is 1. The lowest BCUT2D eigenvalue weighted by Crippen LogP contribution is -2.25. The van der Waals surface area contributed by atoms with Gasteiger partial charge < -0.3 is 19.6 Å². The maximum atomic E-state index is 12.9. The summed E-state index contributed by atoms with van der Waals surface area (Å²) in [6, 6.07) is 7.28. The minimum absolute atomic E-state index is 0.224. The SMILES string of the molecule is Cc1cc(COc2cc3[nH]c(CNC(=O)C4CC4F)cc3cc2Cl)on1. The van der Waals surface area contributed by atoms with E-state index < -0.39 is 12.1 Å². The first-order valence-electron chi connectivity index (χ1n) is 8.27. The Balaban J connectivity index is 1.44. The number of rotatable bonds is 6. The quantitative estimate of drug-likeness (QED) is 0.686. The van der Waals surface area contributed by atoms with Gasteiger partial charge in [-0.15, -0.1) is 0 Å². The van der Waals surface area contributed by atoms with E-state index in [9.17, 15) is 9.18 Å². The first kappa shape index (κ1) is 16.9. The number of aromatic nitrogens is 2. The van der Waals surface area contributed by atoms with Crippen molar-refractivity contribution in [2.75, 3.05) is 0 Å². The van der Waals surface area contributed by atoms with Gasteiger partial charge in [0.2, 0.25) is 5.91 Å². The van der Waals surface area contributed by atoms with Crippen LogP contribution < -0.4 is 10.1 Å². The standard InChI is InChI=1S/C18H17ClFN3O3/c1-9-2-12(26-23-9)8-25-17-6-16-10(4-14(17)19)3-11(22-16)7-21-18(24)13-5-15(13)20/h2-4,6,13,15,22H,5,7-8H2,1H3,(H,21,24). The fourth-order valence-corrected chi connectivity index (χ4v) is 3.01. The molecule has 1 aliphatic rings. The Morgan fingerprint density at radius 2 is 2.27 bits per heavy atom. The van der Waals surface area contributed by atoms with Crippen molar-refractivity contribution in [3.05, 3.63) is 46.4 Å². The third-order valence-electron chi connectivity index (χ3n) is 4.28. The van der Waals surface area contributed by atoms with E-state index in [2.05, 4.69) is 15.5 Å². The van der Waals surface area contributed by atoms with E-state index >= 15 is 0 Å². The molecule has 6 nitrogen and oxygen atoms in total. The number of halogens is 2. The first-order valence-corrected chi connectivity index (χ1v) is 8.65. The minimum Gasteiger partial charge on any atom is -0.484 e. The molecule has 0 spiro atoms. The Labute approximate surface area is 153 Å². The van der Waals surface area contributed by atoms with Gasteiger partial charge in [-0.1, -0.05) is 16.8 Å². The summed E-state index contributed by atoms with van der Waals surface area (Å²) in [6.45, 7) is 2.37. The number of hydrogen-bond donors (Lipinski definition) is 2. The van der Waals surface area contributed by atoms with Crippen LogP contribution in [-0.4, -0.2) is 22.2 Å². The van der Waals surface area contributed by atoms with Gasteiger partial charge in [0.15, 0.2) is 5.76 Å². The highest BCUT2D eigenvalue weighted by molar-refractivity contribution is 6.32. The number of nitrogens with one attached hydrogen (secondary N) is 2. The summed E-state index contributed by atoms with van der Waals surface area (Å²) < 4.78 is 23.7. The maximum Gasteiger partial charge on any atom is 0.226 e. The fraction of sp³-hybridized carbons (Fsp3) is 0.333. The Hall–Kier alpha value is -2.54. The number of hydrogen-bond acceptors (Lipinski definition) is 4. The summed E-state index contributed by atoms with van der Waals surface area (Å²) >= 11 is 6.28. The van der Waals surface area contributed by atoms with E-state index in [0.29, 0.717) is 29.5 Å². The average Bonchev–Trinajstić information content (AvgIpc) is 3.01. The zero-order chi connectivity index (χ0) is 18.3. The summed E-state index contributed by atoms with van der Waals surface area (Å²) in [7, 11) is 0. The third kappa shape index (κ3) is 3.53. The molecule has 1 aromatic carbocycles. The van der Waals surface area contributed by atoms with E-state index in [0.717, 1.165) is 22.3 Å². The molecule has 1 aliphatic carbocycles. The van der Waals surface area contributed by atoms with Crippen LogP contribution in [0.3, 0.4) is 0 Å². The topological polar surface area (TPSA) is 80.1 Å². The van der Waals surface area contributed by atoms with Crippen LogP contribution in [-0.2, 0) is 17.9 Å². The number of ether oxygens (including phenoxy) is 1. The summed E-state index contributed by atoms with van der Waals surface area (Å²) in [4.78, 5) is 14.9. The van der Waals surface area contributed by atoms with Crippen LogP contribution in [0.5, 0.6) is 5.75 Å². The predicted octanol–water partition coefficient (Wildman–Crippen LogP) is 3.67. The molecular weight excluding hydrogens is 361 g/mol. The van der Waals surface area contributed by atoms with E-state index in [1.165, 1.54) is 0 Å². The van der Waals surface area contributed by atoms with Crippen LogP contribution in [0, 0.1) is 12.8 Å². The molecule has 3 aromatic rings. The molecule has 2 aromatic heterocycles. The first-order chi connectivity index (χ1) is 12.5. The average molecular weight is 378 g/mol. The summed E-state index contributed by atoms with van der Waals surface area (Å²) in [5, 5.41) is 7.92. The third-order valence-corrected chi connectivity index (χ3v) is 4.57. The number of aromatic amines is 1. The van der Waals surface area contributed by atoms with Crippen molar-refractivity contribution < 1.29 is 18.4 Å². The lowest BCUT2D eigenvalue weighted by Gasteiger charge is -2.06. The van der Waals surface area contributed by atoms with Gasteiger partial charge in [0.25, 0.3) is 0 Å². The number of nitrogens with zero attached hydrogens (tertiary/aromatic N) is 1. The highest BCUT2D eigenvalue weighted by Crippen LogP contribution is 2.34. The Kier molecular flexibility index (Phi) is 4.32. The summed E-state index contributed by atoms with van der Waals surface area (Å²) in [6.07, 6.45) is -0.677. The molecule has 2 atom stereocenters. The van der Waals surface area contributed by atoms with Gasteiger partial charge in [0.1, 0.15) is 18.5 Å². The summed E-state index contributed by atoms with van der Waals surface area (Å²) in [5.41, 5.74) is 2.42. The van der Waals surface area contributed by atoms with Crippen molar-refractivity contribution in [2.45, 2.75) is 32.7 Å². The smallest absolute Gasteiger partial charge is 0.226 e. The lowest BCUT2D eigenvalue weighted by atomic mass is 10.2. The van der Waals surface area contributed by atoms with Crippen molar-refractivity contribution >= 4 is 28.4 Å². The molecule has 0 saturated heterocycles. The van der Waals surface area contributed by atoms with Crippen LogP contribution in [0.1, 0.15) is 23.6 Å². The summed E-state index contributed by atoms with van der Waals surface area (Å²) in [5.74, 6) is 0.387. The minimum atomic E-state index is -0.996. The van der Waals surface area contributed by atoms with Crippen molar-refractivity contribution in [3.8, 4) is 5.75 Å². The van der Waals surface area contributed by atoms with Crippen LogP contribution in [0.15, 0.2) is 28.8 Å². The predicted molar refractivity (Wildman–Crippen MR) is 93.7 cm³/mol. The Morgan fingerprint density at radius 1 is 1.46 bits per heavy atom. The van der Waals surface area contributed by atoms with Crippen molar-refractivity contribution in [2.24, 2.45) is 5.92 Å². The number of carbonyl (C=O) groups excluding carboxylic acids is 1. The number of aryl methyl sites for hydroxylation is 1. The maximum absolute atomic E-state index is 12.9. The van der Waals surface area contributed by atoms with Gasteiger partial charge in [0, 0.05) is 28.7 Å². The Morgan fingerprint density at radius 3 is 2.96 bits per heavy atom. The van der Waals surface area contributed by atoms with Gasteiger partial charge in [-0.05, 0) is 25.5 Å². The zero-order valence-corrected chi connectivity index (χ0v) is 14.8. The van der Waals surface area contributed by atoms with Gasteiger partial charge in [-0.2, -0.15) is 0 Å². The van der Waals surface area contributed by atoms with E-state index in [1.807, 2.05) is 13.0 Å². The van der Waals surface area contributed by atoms with Crippen molar-refractivity contribution in [1.82, 2.24) is 15.5 Å². The molecule has 136 valence electrons. The van der Waals surface area contributed by atoms with Gasteiger partial charge in [-0.3, -0.25) is 4.79 Å². The highest BCUT2D eigenvalue weighted by Gasteiger charge is 2.43. The van der Waals surface area contributed by atoms with Gasteiger partial charge in [-0.25, -0.2) is 4.39 Å². The highest BCUT2D eigenvalue weighted by atomic mass is 35.5. The lowest BCUT2D eigenvalue weighted by molar-refractivity contribution is -0.122. The van der Waals surface area contributed by atoms with E-state index in [1.54, 1.807) is 18.2 Å². The van der Waals surface area contributed by atoms with E-state index in [4.69, 9.17) is 20.9 Å². The molecule has 0 aliphatic heterocycles. The molecule has 26 heavy (non-hydrogen) atoms. The number of benzene rings is 1. The molecular formula is C18H17ClFN3O3. The molecule has 2 N–H and O–H groups in total. The van der Waals surface area contributed by atoms with Crippen LogP contribution in [0.2, 0.25) is 5.02 Å². The second-order valence-electron chi connectivity index (χ2n) is 6.46. The second kappa shape index (κ2) is 6.64. The molecule has 2 unspecified atom stereocenters. The zero-order valence-electron chi connectivity index (χ0n) is 14.0. The van der Waals surface area contributed by atoms with Crippen LogP contribution in [0.4, 0.5) is 4.39 Å². The Bertz CT molecular complexity index is 968. The van der Waals surface area contributed by atoms with Gasteiger partial charge >= 0.3 is 0 Å². The number of fused-ring (bicyclic) bond motifs is 1. The largest absolute Gasteiger partial charge is 0.484 e. The monoisotopic (exact) mass is 377 g/mol. The molecule has 1 fully saturated rings. The number of amides is 1. The molecule has 2 heterocycles. The molecule has 0 bridgehead atoms. The van der Waals surface area contributed by atoms with Crippen LogP contribution >= 0.6 is 11.6 Å². The normalized spacial score (nSPS) is 18.9. The molecule has 4 rings (SSSR count). The van der Waals surface area contributed by atoms with Crippen molar-refractivity contribution in [1.29, 1.82) is 0 Å². The fourth-order valence-electron chi connectivity index (χ4n) is 2.78.